The maximum absolute atomic E-state index is 11.9. The smallest absolute Gasteiger partial charge is 0.319 e. The predicted octanol–water partition coefficient (Wildman–Crippen LogP) is 2.91. The van der Waals surface area contributed by atoms with Gasteiger partial charge in [0.2, 0.25) is 0 Å². The summed E-state index contributed by atoms with van der Waals surface area (Å²) in [5.41, 5.74) is 0.883. The molecule has 0 unspecified atom stereocenters. The standard InChI is InChI=1S/C15H22ClN3O2/c1-18(2)15(20)19-8-6-11(7-9-19)17-14-10-12(21-3)4-5-13(14)16/h4-5,10-11,17H,6-9H2,1-3H3. The Labute approximate surface area is 130 Å². The molecule has 2 rings (SSSR count). The first-order valence-electron chi connectivity index (χ1n) is 7.07. The summed E-state index contributed by atoms with van der Waals surface area (Å²) in [5, 5.41) is 4.13. The highest BCUT2D eigenvalue weighted by atomic mass is 35.5. The number of benzene rings is 1. The zero-order valence-corrected chi connectivity index (χ0v) is 13.5. The van der Waals surface area contributed by atoms with Crippen LogP contribution in [0.25, 0.3) is 0 Å². The van der Waals surface area contributed by atoms with Crippen LogP contribution in [-0.4, -0.2) is 56.2 Å². The second kappa shape index (κ2) is 6.89. The molecule has 1 aromatic rings. The average molecular weight is 312 g/mol. The summed E-state index contributed by atoms with van der Waals surface area (Å²) in [4.78, 5) is 15.4. The van der Waals surface area contributed by atoms with E-state index in [1.807, 2.05) is 23.1 Å². The van der Waals surface area contributed by atoms with Crippen LogP contribution in [0.15, 0.2) is 18.2 Å². The number of nitrogens with one attached hydrogen (secondary N) is 1. The average Bonchev–Trinajstić information content (AvgIpc) is 2.49. The summed E-state index contributed by atoms with van der Waals surface area (Å²) in [6.45, 7) is 1.52. The van der Waals surface area contributed by atoms with Crippen LogP contribution in [0.5, 0.6) is 5.75 Å². The first-order valence-corrected chi connectivity index (χ1v) is 7.45. The monoisotopic (exact) mass is 311 g/mol. The molecule has 5 nitrogen and oxygen atoms in total. The molecule has 0 bridgehead atoms. The minimum absolute atomic E-state index is 0.0767. The van der Waals surface area contributed by atoms with Crippen molar-refractivity contribution in [2.75, 3.05) is 39.6 Å². The van der Waals surface area contributed by atoms with Gasteiger partial charge in [0, 0.05) is 39.3 Å². The maximum atomic E-state index is 11.9. The van der Waals surface area contributed by atoms with Crippen molar-refractivity contribution in [3.8, 4) is 5.75 Å². The molecule has 1 fully saturated rings. The van der Waals surface area contributed by atoms with Crippen molar-refractivity contribution in [2.45, 2.75) is 18.9 Å². The van der Waals surface area contributed by atoms with Gasteiger partial charge in [-0.1, -0.05) is 11.6 Å². The molecule has 1 aliphatic heterocycles. The van der Waals surface area contributed by atoms with Gasteiger partial charge in [0.1, 0.15) is 5.75 Å². The van der Waals surface area contributed by atoms with Crippen LogP contribution in [-0.2, 0) is 0 Å². The lowest BCUT2D eigenvalue weighted by Crippen LogP contribution is -2.46. The summed E-state index contributed by atoms with van der Waals surface area (Å²) in [6.07, 6.45) is 1.82. The number of rotatable bonds is 3. The van der Waals surface area contributed by atoms with E-state index in [-0.39, 0.29) is 6.03 Å². The van der Waals surface area contributed by atoms with Gasteiger partial charge in [0.25, 0.3) is 0 Å². The molecule has 1 aromatic carbocycles. The first-order chi connectivity index (χ1) is 10.0. The lowest BCUT2D eigenvalue weighted by atomic mass is 10.0. The highest BCUT2D eigenvalue weighted by Gasteiger charge is 2.24. The van der Waals surface area contributed by atoms with Crippen molar-refractivity contribution in [1.82, 2.24) is 9.80 Å². The zero-order chi connectivity index (χ0) is 15.4. The molecule has 1 aliphatic rings. The predicted molar refractivity (Wildman–Crippen MR) is 85.3 cm³/mol. The fourth-order valence-corrected chi connectivity index (χ4v) is 2.63. The van der Waals surface area contributed by atoms with Gasteiger partial charge in [0.05, 0.1) is 17.8 Å². The van der Waals surface area contributed by atoms with E-state index in [0.717, 1.165) is 37.4 Å². The molecule has 0 atom stereocenters. The van der Waals surface area contributed by atoms with Gasteiger partial charge in [0.15, 0.2) is 0 Å². The minimum atomic E-state index is 0.0767. The van der Waals surface area contributed by atoms with Crippen LogP contribution < -0.4 is 10.1 Å². The number of carbonyl (C=O) groups excluding carboxylic acids is 1. The second-order valence-corrected chi connectivity index (χ2v) is 5.84. The number of urea groups is 1. The van der Waals surface area contributed by atoms with E-state index in [2.05, 4.69) is 5.32 Å². The number of methoxy groups -OCH3 is 1. The Balaban J connectivity index is 1.93. The third-order valence-electron chi connectivity index (χ3n) is 3.68. The lowest BCUT2D eigenvalue weighted by Gasteiger charge is -2.34. The van der Waals surface area contributed by atoms with Crippen molar-refractivity contribution in [3.63, 3.8) is 0 Å². The number of likely N-dealkylation sites (tertiary alicyclic amines) is 1. The Hall–Kier alpha value is -1.62. The molecule has 0 radical (unpaired) electrons. The van der Waals surface area contributed by atoms with E-state index < -0.39 is 0 Å². The molecule has 0 spiro atoms. The van der Waals surface area contributed by atoms with Crippen LogP contribution in [0.2, 0.25) is 5.02 Å². The second-order valence-electron chi connectivity index (χ2n) is 5.43. The quantitative estimate of drug-likeness (QED) is 0.933. The van der Waals surface area contributed by atoms with E-state index in [0.29, 0.717) is 11.1 Å². The number of anilines is 1. The fourth-order valence-electron chi connectivity index (χ4n) is 2.46. The van der Waals surface area contributed by atoms with E-state index in [9.17, 15) is 4.79 Å². The summed E-state index contributed by atoms with van der Waals surface area (Å²) in [7, 11) is 5.20. The third-order valence-corrected chi connectivity index (χ3v) is 4.01. The SMILES string of the molecule is COc1ccc(Cl)c(NC2CCN(C(=O)N(C)C)CC2)c1. The van der Waals surface area contributed by atoms with Gasteiger partial charge in [-0.2, -0.15) is 0 Å². The van der Waals surface area contributed by atoms with Gasteiger partial charge in [-0.15, -0.1) is 0 Å². The number of hydrogen-bond donors (Lipinski definition) is 1. The van der Waals surface area contributed by atoms with E-state index in [1.165, 1.54) is 0 Å². The number of piperidine rings is 1. The van der Waals surface area contributed by atoms with Crippen LogP contribution in [0.1, 0.15) is 12.8 Å². The highest BCUT2D eigenvalue weighted by molar-refractivity contribution is 6.33. The highest BCUT2D eigenvalue weighted by Crippen LogP contribution is 2.28. The molecule has 21 heavy (non-hydrogen) atoms. The Morgan fingerprint density at radius 2 is 2.05 bits per heavy atom. The normalized spacial score (nSPS) is 15.7. The molecule has 0 aromatic heterocycles. The number of carbonyl (C=O) groups is 1. The third kappa shape index (κ3) is 3.94. The van der Waals surface area contributed by atoms with Crippen LogP contribution in [0.4, 0.5) is 10.5 Å². The molecule has 1 heterocycles. The summed E-state index contributed by atoms with van der Waals surface area (Å²) >= 11 is 6.20. The van der Waals surface area contributed by atoms with E-state index in [4.69, 9.17) is 16.3 Å². The van der Waals surface area contributed by atoms with Crippen molar-refractivity contribution in [1.29, 1.82) is 0 Å². The van der Waals surface area contributed by atoms with Crippen molar-refractivity contribution in [2.24, 2.45) is 0 Å². The molecular formula is C15H22ClN3O2. The molecule has 6 heteroatoms. The van der Waals surface area contributed by atoms with Crippen LogP contribution >= 0.6 is 11.6 Å². The molecule has 1 N–H and O–H groups in total. The summed E-state index contributed by atoms with van der Waals surface area (Å²) < 4.78 is 5.22. The number of amides is 2. The largest absolute Gasteiger partial charge is 0.497 e. The molecular weight excluding hydrogens is 290 g/mol. The number of ether oxygens (including phenoxy) is 1. The number of hydrogen-bond acceptors (Lipinski definition) is 3. The topological polar surface area (TPSA) is 44.8 Å². The lowest BCUT2D eigenvalue weighted by molar-refractivity contribution is 0.158. The molecule has 116 valence electrons. The first kappa shape index (κ1) is 15.8. The van der Waals surface area contributed by atoms with Crippen molar-refractivity contribution >= 4 is 23.3 Å². The maximum Gasteiger partial charge on any atom is 0.319 e. The Morgan fingerprint density at radius 3 is 2.62 bits per heavy atom. The van der Waals surface area contributed by atoms with Gasteiger partial charge in [-0.25, -0.2) is 4.79 Å². The van der Waals surface area contributed by atoms with E-state index in [1.54, 1.807) is 26.1 Å². The fraction of sp³-hybridized carbons (Fsp3) is 0.533. The molecule has 1 saturated heterocycles. The molecule has 2 amide bonds. The van der Waals surface area contributed by atoms with Gasteiger partial charge in [-0.3, -0.25) is 0 Å². The van der Waals surface area contributed by atoms with Gasteiger partial charge >= 0.3 is 6.03 Å². The van der Waals surface area contributed by atoms with Crippen molar-refractivity contribution in [3.05, 3.63) is 23.2 Å². The summed E-state index contributed by atoms with van der Waals surface area (Å²) in [5.74, 6) is 0.780. The Morgan fingerprint density at radius 1 is 1.38 bits per heavy atom. The van der Waals surface area contributed by atoms with Crippen molar-refractivity contribution < 1.29 is 9.53 Å². The zero-order valence-electron chi connectivity index (χ0n) is 12.7. The molecule has 0 aliphatic carbocycles. The molecule has 0 saturated carbocycles. The Kier molecular flexibility index (Phi) is 5.17. The van der Waals surface area contributed by atoms with Crippen LogP contribution in [0, 0.1) is 0 Å². The summed E-state index contributed by atoms with van der Waals surface area (Å²) in [6, 6.07) is 5.97. The van der Waals surface area contributed by atoms with Gasteiger partial charge < -0.3 is 19.9 Å². The minimum Gasteiger partial charge on any atom is -0.497 e. The van der Waals surface area contributed by atoms with E-state index >= 15 is 0 Å². The van der Waals surface area contributed by atoms with Gasteiger partial charge in [-0.05, 0) is 25.0 Å². The number of nitrogens with zero attached hydrogens (tertiary/aromatic N) is 2. The van der Waals surface area contributed by atoms with Crippen LogP contribution in [0.3, 0.4) is 0 Å². The number of halogens is 1. The Bertz CT molecular complexity index is 500.